The van der Waals surface area contributed by atoms with Gasteiger partial charge in [0.15, 0.2) is 0 Å². The van der Waals surface area contributed by atoms with Crippen LogP contribution in [0.15, 0.2) is 54.6 Å². The quantitative estimate of drug-likeness (QED) is 0.205. The standard InChI is InChI=1S/C30H39N3O6/c1-37-25-4-7-28(34)19(10-25)16-31-22-13-23(32-17-20-11-26(38-2)5-8-29(20)35)15-24(14-22)33-18-21-12-27(39-3)6-9-30(21)36/h4-12,22-24,31-36H,13-18H2,1-3H3. The van der Waals surface area contributed by atoms with E-state index >= 15 is 0 Å². The van der Waals surface area contributed by atoms with Crippen molar-refractivity contribution in [1.29, 1.82) is 0 Å². The molecule has 6 N–H and O–H groups in total. The highest BCUT2D eigenvalue weighted by Gasteiger charge is 2.29. The summed E-state index contributed by atoms with van der Waals surface area (Å²) >= 11 is 0. The van der Waals surface area contributed by atoms with Crippen LogP contribution in [0.5, 0.6) is 34.5 Å². The lowest BCUT2D eigenvalue weighted by Gasteiger charge is -2.37. The second kappa shape index (κ2) is 13.4. The van der Waals surface area contributed by atoms with Gasteiger partial charge in [-0.25, -0.2) is 0 Å². The molecule has 9 heteroatoms. The average molecular weight is 538 g/mol. The molecule has 0 heterocycles. The summed E-state index contributed by atoms with van der Waals surface area (Å²) < 4.78 is 16.0. The molecule has 0 radical (unpaired) electrons. The number of aromatic hydroxyl groups is 3. The second-order valence-corrected chi connectivity index (χ2v) is 9.92. The van der Waals surface area contributed by atoms with Crippen molar-refractivity contribution in [2.24, 2.45) is 0 Å². The van der Waals surface area contributed by atoms with E-state index in [0.717, 1.165) is 36.0 Å². The summed E-state index contributed by atoms with van der Waals surface area (Å²) in [5.41, 5.74) is 2.32. The van der Waals surface area contributed by atoms with E-state index in [1.54, 1.807) is 57.7 Å². The molecule has 0 aliphatic heterocycles. The minimum absolute atomic E-state index is 0.164. The first-order valence-electron chi connectivity index (χ1n) is 13.2. The number of rotatable bonds is 12. The Morgan fingerprint density at radius 1 is 0.538 bits per heavy atom. The van der Waals surface area contributed by atoms with Gasteiger partial charge in [-0.15, -0.1) is 0 Å². The maximum absolute atomic E-state index is 10.3. The first-order valence-corrected chi connectivity index (χ1v) is 13.2. The number of phenolic OH excluding ortho intramolecular Hbond substituents is 3. The van der Waals surface area contributed by atoms with Crippen molar-refractivity contribution in [2.45, 2.75) is 57.0 Å². The second-order valence-electron chi connectivity index (χ2n) is 9.92. The maximum Gasteiger partial charge on any atom is 0.120 e. The molecule has 0 aromatic heterocycles. The van der Waals surface area contributed by atoms with Gasteiger partial charge in [-0.3, -0.25) is 0 Å². The minimum atomic E-state index is 0.164. The van der Waals surface area contributed by atoms with Crippen molar-refractivity contribution in [3.05, 3.63) is 71.3 Å². The van der Waals surface area contributed by atoms with Crippen LogP contribution in [0.3, 0.4) is 0 Å². The van der Waals surface area contributed by atoms with Crippen LogP contribution >= 0.6 is 0 Å². The van der Waals surface area contributed by atoms with Gasteiger partial charge in [0, 0.05) is 54.5 Å². The Bertz CT molecular complexity index is 1080. The molecule has 3 aromatic carbocycles. The van der Waals surface area contributed by atoms with Crippen molar-refractivity contribution in [3.8, 4) is 34.5 Å². The smallest absolute Gasteiger partial charge is 0.120 e. The summed E-state index contributed by atoms with van der Waals surface area (Å²) in [5, 5.41) is 41.8. The van der Waals surface area contributed by atoms with E-state index < -0.39 is 0 Å². The number of nitrogens with one attached hydrogen (secondary N) is 3. The van der Waals surface area contributed by atoms with Crippen LogP contribution in [-0.4, -0.2) is 54.8 Å². The maximum atomic E-state index is 10.3. The normalized spacial score (nSPS) is 19.0. The Morgan fingerprint density at radius 2 is 0.821 bits per heavy atom. The van der Waals surface area contributed by atoms with Gasteiger partial charge in [0.2, 0.25) is 0 Å². The van der Waals surface area contributed by atoms with Crippen molar-refractivity contribution in [3.63, 3.8) is 0 Å². The van der Waals surface area contributed by atoms with Crippen molar-refractivity contribution >= 4 is 0 Å². The number of ether oxygens (including phenoxy) is 3. The molecule has 1 aliphatic rings. The van der Waals surface area contributed by atoms with Gasteiger partial charge in [-0.1, -0.05) is 0 Å². The molecular weight excluding hydrogens is 498 g/mol. The lowest BCUT2D eigenvalue weighted by molar-refractivity contribution is 0.244. The fraction of sp³-hybridized carbons (Fsp3) is 0.400. The number of hydrogen-bond acceptors (Lipinski definition) is 9. The fourth-order valence-electron chi connectivity index (χ4n) is 5.07. The van der Waals surface area contributed by atoms with Gasteiger partial charge in [0.1, 0.15) is 34.5 Å². The SMILES string of the molecule is COc1ccc(O)c(CNC2CC(NCc3cc(OC)ccc3O)CC(NCc3cc(OC)ccc3O)C2)c1. The fourth-order valence-corrected chi connectivity index (χ4v) is 5.07. The number of methoxy groups -OCH3 is 3. The van der Waals surface area contributed by atoms with Crippen molar-refractivity contribution in [1.82, 2.24) is 16.0 Å². The van der Waals surface area contributed by atoms with Gasteiger partial charge >= 0.3 is 0 Å². The first-order chi connectivity index (χ1) is 18.9. The Hall–Kier alpha value is -3.66. The number of phenols is 3. The molecule has 0 amide bonds. The Labute approximate surface area is 229 Å². The molecule has 9 nitrogen and oxygen atoms in total. The first kappa shape index (κ1) is 28.4. The summed E-state index contributed by atoms with van der Waals surface area (Å²) in [6, 6.07) is 16.2. The van der Waals surface area contributed by atoms with Gasteiger partial charge in [0.05, 0.1) is 21.3 Å². The third-order valence-corrected chi connectivity index (χ3v) is 7.31. The van der Waals surface area contributed by atoms with Gasteiger partial charge in [0.25, 0.3) is 0 Å². The summed E-state index contributed by atoms with van der Waals surface area (Å²) in [7, 11) is 4.83. The topological polar surface area (TPSA) is 124 Å². The Kier molecular flexibility index (Phi) is 9.75. The van der Waals surface area contributed by atoms with E-state index in [9.17, 15) is 15.3 Å². The van der Waals surface area contributed by atoms with Crippen molar-refractivity contribution < 1.29 is 29.5 Å². The molecule has 3 aromatic rings. The third-order valence-electron chi connectivity index (χ3n) is 7.31. The van der Waals surface area contributed by atoms with Crippen LogP contribution in [0.4, 0.5) is 0 Å². The zero-order valence-corrected chi connectivity index (χ0v) is 22.7. The summed E-state index contributed by atoms with van der Waals surface area (Å²) in [6.45, 7) is 1.50. The average Bonchev–Trinajstić information content (AvgIpc) is 2.96. The summed E-state index contributed by atoms with van der Waals surface area (Å²) in [5.74, 6) is 2.77. The zero-order valence-electron chi connectivity index (χ0n) is 22.7. The van der Waals surface area contributed by atoms with E-state index in [2.05, 4.69) is 16.0 Å². The predicted molar refractivity (Wildman–Crippen MR) is 150 cm³/mol. The van der Waals surface area contributed by atoms with Gasteiger partial charge in [-0.05, 0) is 73.9 Å². The lowest BCUT2D eigenvalue weighted by atomic mass is 9.86. The Balaban J connectivity index is 1.44. The van der Waals surface area contributed by atoms with Crippen LogP contribution < -0.4 is 30.2 Å². The molecule has 0 spiro atoms. The van der Waals surface area contributed by atoms with Crippen LogP contribution in [-0.2, 0) is 19.6 Å². The minimum Gasteiger partial charge on any atom is -0.508 e. The third kappa shape index (κ3) is 7.69. The largest absolute Gasteiger partial charge is 0.508 e. The summed E-state index contributed by atoms with van der Waals surface area (Å²) in [6.07, 6.45) is 2.62. The molecule has 39 heavy (non-hydrogen) atoms. The Morgan fingerprint density at radius 3 is 1.08 bits per heavy atom. The molecule has 210 valence electrons. The predicted octanol–water partition coefficient (Wildman–Crippen LogP) is 3.79. The molecule has 0 saturated heterocycles. The highest BCUT2D eigenvalue weighted by molar-refractivity contribution is 5.41. The number of benzene rings is 3. The number of hydrogen-bond donors (Lipinski definition) is 6. The van der Waals surface area contributed by atoms with E-state index in [4.69, 9.17) is 14.2 Å². The molecule has 0 bridgehead atoms. The van der Waals surface area contributed by atoms with E-state index in [1.165, 1.54) is 0 Å². The van der Waals surface area contributed by atoms with Gasteiger partial charge in [-0.2, -0.15) is 0 Å². The molecule has 1 fully saturated rings. The molecule has 0 unspecified atom stereocenters. The van der Waals surface area contributed by atoms with Crippen LogP contribution in [0.25, 0.3) is 0 Å². The van der Waals surface area contributed by atoms with E-state index in [1.807, 2.05) is 18.2 Å². The summed E-state index contributed by atoms with van der Waals surface area (Å²) in [4.78, 5) is 0. The molecule has 4 rings (SSSR count). The van der Waals surface area contributed by atoms with Crippen LogP contribution in [0.1, 0.15) is 36.0 Å². The highest BCUT2D eigenvalue weighted by atomic mass is 16.5. The van der Waals surface area contributed by atoms with E-state index in [0.29, 0.717) is 36.9 Å². The highest BCUT2D eigenvalue weighted by Crippen LogP contribution is 2.28. The van der Waals surface area contributed by atoms with Crippen molar-refractivity contribution in [2.75, 3.05) is 21.3 Å². The van der Waals surface area contributed by atoms with Crippen LogP contribution in [0.2, 0.25) is 0 Å². The van der Waals surface area contributed by atoms with Crippen LogP contribution in [0, 0.1) is 0 Å². The molecule has 1 saturated carbocycles. The monoisotopic (exact) mass is 537 g/mol. The lowest BCUT2D eigenvalue weighted by Crippen LogP contribution is -2.50. The molecule has 1 aliphatic carbocycles. The molecular formula is C30H39N3O6. The molecule has 0 atom stereocenters. The van der Waals surface area contributed by atoms with Gasteiger partial charge < -0.3 is 45.5 Å². The zero-order chi connectivity index (χ0) is 27.8. The van der Waals surface area contributed by atoms with E-state index in [-0.39, 0.29) is 35.4 Å².